The predicted molar refractivity (Wildman–Crippen MR) is 146 cm³/mol. The van der Waals surface area contributed by atoms with Gasteiger partial charge >= 0.3 is 0 Å². The van der Waals surface area contributed by atoms with Crippen molar-refractivity contribution in [2.75, 3.05) is 40.0 Å². The zero-order valence-electron chi connectivity index (χ0n) is 22.3. The summed E-state index contributed by atoms with van der Waals surface area (Å²) in [4.78, 5) is 19.0. The summed E-state index contributed by atoms with van der Waals surface area (Å²) in [7, 11) is 1.64. The molecule has 1 saturated carbocycles. The molecule has 8 nitrogen and oxygen atoms in total. The molecule has 1 amide bonds. The molecule has 1 aliphatic carbocycles. The van der Waals surface area contributed by atoms with E-state index in [1.165, 1.54) is 18.4 Å². The molecule has 1 saturated heterocycles. The SMILES string of the molecule is COc1cc(C2CN(C(=O)c3cc(COCC(CO)CO)ccn3)C2)ccc1OCc1ccc(C2CC2)cc1. The van der Waals surface area contributed by atoms with Crippen LogP contribution in [-0.4, -0.2) is 66.0 Å². The highest BCUT2D eigenvalue weighted by molar-refractivity contribution is 5.93. The summed E-state index contributed by atoms with van der Waals surface area (Å²) >= 11 is 0. The maximum atomic E-state index is 13.0. The standard InChI is InChI=1S/C31H36N2O6/c1-37-30-13-26(8-9-29(30)39-20-21-2-4-24(5-3-21)25-6-7-25)27-14-33(15-27)31(36)28-12-22(10-11-32-28)18-38-19-23(16-34)17-35/h2-5,8-13,23,25,27,34-35H,6-7,14-20H2,1H3. The van der Waals surface area contributed by atoms with E-state index < -0.39 is 0 Å². The zero-order valence-corrected chi connectivity index (χ0v) is 22.3. The molecular weight excluding hydrogens is 496 g/mol. The molecule has 39 heavy (non-hydrogen) atoms. The molecule has 5 rings (SSSR count). The number of aliphatic hydroxyl groups excluding tert-OH is 2. The quantitative estimate of drug-likeness (QED) is 0.344. The minimum absolute atomic E-state index is 0.115. The van der Waals surface area contributed by atoms with Crippen LogP contribution in [0.25, 0.3) is 0 Å². The highest BCUT2D eigenvalue weighted by Crippen LogP contribution is 2.40. The molecule has 2 aromatic carbocycles. The normalized spacial score (nSPS) is 15.3. The summed E-state index contributed by atoms with van der Waals surface area (Å²) in [6.07, 6.45) is 4.20. The predicted octanol–water partition coefficient (Wildman–Crippen LogP) is 3.90. The molecule has 0 bridgehead atoms. The fraction of sp³-hybridized carbons (Fsp3) is 0.419. The number of nitrogens with zero attached hydrogens (tertiary/aromatic N) is 2. The third kappa shape index (κ3) is 6.76. The fourth-order valence-electron chi connectivity index (χ4n) is 4.73. The maximum absolute atomic E-state index is 13.0. The zero-order chi connectivity index (χ0) is 27.2. The topological polar surface area (TPSA) is 101 Å². The number of methoxy groups -OCH3 is 1. The largest absolute Gasteiger partial charge is 0.493 e. The molecule has 0 atom stereocenters. The van der Waals surface area contributed by atoms with Gasteiger partial charge in [0.25, 0.3) is 5.91 Å². The van der Waals surface area contributed by atoms with Crippen LogP contribution in [0.15, 0.2) is 60.8 Å². The number of aliphatic hydroxyl groups is 2. The number of hydrogen-bond donors (Lipinski definition) is 2. The Morgan fingerprint density at radius 1 is 0.923 bits per heavy atom. The number of carbonyl (C=O) groups is 1. The molecule has 2 fully saturated rings. The highest BCUT2D eigenvalue weighted by Gasteiger charge is 2.33. The van der Waals surface area contributed by atoms with Gasteiger partial charge in [-0.2, -0.15) is 0 Å². The molecule has 0 spiro atoms. The van der Waals surface area contributed by atoms with Gasteiger partial charge in [0.15, 0.2) is 11.5 Å². The van der Waals surface area contributed by atoms with Crippen molar-refractivity contribution in [2.24, 2.45) is 5.92 Å². The Morgan fingerprint density at radius 2 is 1.67 bits per heavy atom. The van der Waals surface area contributed by atoms with Crippen molar-refractivity contribution < 1.29 is 29.2 Å². The summed E-state index contributed by atoms with van der Waals surface area (Å²) in [5, 5.41) is 18.3. The molecule has 0 unspecified atom stereocenters. The van der Waals surface area contributed by atoms with Crippen LogP contribution in [0.1, 0.15) is 57.4 Å². The van der Waals surface area contributed by atoms with Gasteiger partial charge < -0.3 is 29.3 Å². The molecule has 0 radical (unpaired) electrons. The van der Waals surface area contributed by atoms with Crippen molar-refractivity contribution in [3.8, 4) is 11.5 Å². The van der Waals surface area contributed by atoms with Gasteiger partial charge in [-0.1, -0.05) is 30.3 Å². The average Bonchev–Trinajstić information content (AvgIpc) is 3.80. The van der Waals surface area contributed by atoms with Gasteiger partial charge in [0, 0.05) is 31.1 Å². The van der Waals surface area contributed by atoms with E-state index >= 15 is 0 Å². The summed E-state index contributed by atoms with van der Waals surface area (Å²) in [6.45, 7) is 1.94. The van der Waals surface area contributed by atoms with Gasteiger partial charge in [-0.15, -0.1) is 0 Å². The lowest BCUT2D eigenvalue weighted by Gasteiger charge is -2.39. The first-order valence-corrected chi connectivity index (χ1v) is 13.5. The third-order valence-electron chi connectivity index (χ3n) is 7.43. The van der Waals surface area contributed by atoms with Crippen molar-refractivity contribution in [2.45, 2.75) is 37.9 Å². The fourth-order valence-corrected chi connectivity index (χ4v) is 4.73. The third-order valence-corrected chi connectivity index (χ3v) is 7.43. The Labute approximate surface area is 229 Å². The van der Waals surface area contributed by atoms with Crippen LogP contribution in [0.2, 0.25) is 0 Å². The van der Waals surface area contributed by atoms with E-state index in [2.05, 4.69) is 29.2 Å². The average molecular weight is 533 g/mol. The molecule has 8 heteroatoms. The number of likely N-dealkylation sites (tertiary alicyclic amines) is 1. The van der Waals surface area contributed by atoms with Gasteiger partial charge in [0.1, 0.15) is 12.3 Å². The molecule has 1 aromatic heterocycles. The summed E-state index contributed by atoms with van der Waals surface area (Å²) in [6, 6.07) is 18.2. The number of hydrogen-bond acceptors (Lipinski definition) is 7. The van der Waals surface area contributed by atoms with Crippen LogP contribution >= 0.6 is 0 Å². The van der Waals surface area contributed by atoms with E-state index in [-0.39, 0.29) is 44.2 Å². The van der Waals surface area contributed by atoms with E-state index in [4.69, 9.17) is 24.4 Å². The van der Waals surface area contributed by atoms with Crippen LogP contribution in [0.4, 0.5) is 0 Å². The summed E-state index contributed by atoms with van der Waals surface area (Å²) in [5.41, 5.74) is 4.84. The minimum Gasteiger partial charge on any atom is -0.493 e. The number of ether oxygens (including phenoxy) is 3. The monoisotopic (exact) mass is 532 g/mol. The first-order valence-electron chi connectivity index (χ1n) is 13.5. The number of amides is 1. The molecule has 2 aliphatic rings. The second-order valence-corrected chi connectivity index (χ2v) is 10.4. The van der Waals surface area contributed by atoms with Gasteiger partial charge in [0.05, 0.1) is 33.5 Å². The second-order valence-electron chi connectivity index (χ2n) is 10.4. The van der Waals surface area contributed by atoms with Crippen LogP contribution in [-0.2, 0) is 18.0 Å². The smallest absolute Gasteiger partial charge is 0.272 e. The number of rotatable bonds is 13. The molecule has 2 N–H and O–H groups in total. The van der Waals surface area contributed by atoms with E-state index in [0.29, 0.717) is 36.9 Å². The van der Waals surface area contributed by atoms with E-state index in [1.807, 2.05) is 18.2 Å². The van der Waals surface area contributed by atoms with Crippen LogP contribution < -0.4 is 9.47 Å². The summed E-state index contributed by atoms with van der Waals surface area (Å²) < 4.78 is 17.2. The van der Waals surface area contributed by atoms with Crippen molar-refractivity contribution in [3.05, 3.63) is 88.7 Å². The van der Waals surface area contributed by atoms with Crippen molar-refractivity contribution in [1.29, 1.82) is 0 Å². The molecule has 2 heterocycles. The lowest BCUT2D eigenvalue weighted by Crippen LogP contribution is -2.48. The Kier molecular flexibility index (Phi) is 8.76. The van der Waals surface area contributed by atoms with E-state index in [9.17, 15) is 4.79 Å². The number of pyridine rings is 1. The van der Waals surface area contributed by atoms with Gasteiger partial charge in [-0.05, 0) is 65.3 Å². The van der Waals surface area contributed by atoms with Crippen LogP contribution in [0, 0.1) is 5.92 Å². The molecule has 1 aliphatic heterocycles. The first kappa shape index (κ1) is 27.1. The number of carbonyl (C=O) groups excluding carboxylic acids is 1. The minimum atomic E-state index is -0.311. The van der Waals surface area contributed by atoms with Crippen LogP contribution in [0.3, 0.4) is 0 Å². The van der Waals surface area contributed by atoms with E-state index in [1.54, 1.807) is 30.3 Å². The number of benzene rings is 2. The van der Waals surface area contributed by atoms with E-state index in [0.717, 1.165) is 22.6 Å². The van der Waals surface area contributed by atoms with Crippen molar-refractivity contribution >= 4 is 5.91 Å². The summed E-state index contributed by atoms with van der Waals surface area (Å²) in [5.74, 6) is 1.92. The number of aromatic nitrogens is 1. The Hall–Kier alpha value is -3.46. The highest BCUT2D eigenvalue weighted by atomic mass is 16.5. The lowest BCUT2D eigenvalue weighted by molar-refractivity contribution is 0.0371. The van der Waals surface area contributed by atoms with Crippen LogP contribution in [0.5, 0.6) is 11.5 Å². The first-order chi connectivity index (χ1) is 19.1. The van der Waals surface area contributed by atoms with Crippen molar-refractivity contribution in [3.63, 3.8) is 0 Å². The maximum Gasteiger partial charge on any atom is 0.272 e. The lowest BCUT2D eigenvalue weighted by atomic mass is 9.91. The molecule has 3 aromatic rings. The van der Waals surface area contributed by atoms with Gasteiger partial charge in [0.2, 0.25) is 0 Å². The van der Waals surface area contributed by atoms with Gasteiger partial charge in [-0.25, -0.2) is 0 Å². The Bertz CT molecular complexity index is 1250. The Balaban J connectivity index is 1.13. The Morgan fingerprint density at radius 3 is 2.36 bits per heavy atom. The van der Waals surface area contributed by atoms with Gasteiger partial charge in [-0.3, -0.25) is 9.78 Å². The molecule has 206 valence electrons. The van der Waals surface area contributed by atoms with Crippen molar-refractivity contribution in [1.82, 2.24) is 9.88 Å². The molecular formula is C31H36N2O6. The second kappa shape index (κ2) is 12.6.